The molecule has 0 bridgehead atoms. The third kappa shape index (κ3) is 3.66. The number of benzene rings is 2. The second-order valence-corrected chi connectivity index (χ2v) is 8.93. The number of oxazole rings is 1. The number of nitrogens with zero attached hydrogens (tertiary/aromatic N) is 3. The van der Waals surface area contributed by atoms with Crippen LogP contribution in [0.3, 0.4) is 0 Å². The van der Waals surface area contributed by atoms with Crippen molar-refractivity contribution in [2.45, 2.75) is 19.4 Å². The fourth-order valence-corrected chi connectivity index (χ4v) is 4.78. The molecule has 1 unspecified atom stereocenters. The van der Waals surface area contributed by atoms with Crippen molar-refractivity contribution >= 4 is 46.0 Å². The van der Waals surface area contributed by atoms with Crippen LogP contribution in [-0.2, 0) is 0 Å². The Morgan fingerprint density at radius 3 is 2.90 bits per heavy atom. The second-order valence-electron chi connectivity index (χ2n) is 7.29. The molecule has 0 spiro atoms. The number of aromatic nitrogens is 2. The van der Waals surface area contributed by atoms with E-state index in [0.717, 1.165) is 28.2 Å². The van der Waals surface area contributed by atoms with Gasteiger partial charge in [-0.15, -0.1) is 11.3 Å². The number of aryl methyl sites for hydroxylation is 1. The minimum Gasteiger partial charge on any atom is -0.423 e. The Morgan fingerprint density at radius 2 is 2.07 bits per heavy atom. The Labute approximate surface area is 182 Å². The van der Waals surface area contributed by atoms with Crippen LogP contribution in [0.1, 0.15) is 21.1 Å². The van der Waals surface area contributed by atoms with Crippen molar-refractivity contribution in [3.8, 4) is 11.3 Å². The van der Waals surface area contributed by atoms with Gasteiger partial charge in [0.15, 0.2) is 5.58 Å². The van der Waals surface area contributed by atoms with Crippen LogP contribution in [0, 0.1) is 6.92 Å². The molecule has 0 radical (unpaired) electrons. The molecular formula is C22H19ClN4O2S. The van der Waals surface area contributed by atoms with Crippen LogP contribution in [0.25, 0.3) is 22.4 Å². The van der Waals surface area contributed by atoms with E-state index in [9.17, 15) is 4.79 Å². The molecule has 0 saturated carbocycles. The van der Waals surface area contributed by atoms with Crippen molar-refractivity contribution in [1.82, 2.24) is 14.9 Å². The Kier molecular flexibility index (Phi) is 4.92. The van der Waals surface area contributed by atoms with Crippen LogP contribution in [0.4, 0.5) is 6.01 Å². The van der Waals surface area contributed by atoms with Crippen LogP contribution < -0.4 is 5.32 Å². The van der Waals surface area contributed by atoms with Gasteiger partial charge in [0, 0.05) is 35.8 Å². The van der Waals surface area contributed by atoms with Crippen LogP contribution >= 0.6 is 22.9 Å². The lowest BCUT2D eigenvalue weighted by molar-refractivity contribution is 0.0796. The summed E-state index contributed by atoms with van der Waals surface area (Å²) in [5, 5.41) is 4.80. The number of hydrogen-bond donors (Lipinski definition) is 1. The number of carbonyl (C=O) groups excluding carboxylic acids is 1. The summed E-state index contributed by atoms with van der Waals surface area (Å²) >= 11 is 7.46. The molecular weight excluding hydrogens is 420 g/mol. The summed E-state index contributed by atoms with van der Waals surface area (Å²) in [4.78, 5) is 24.9. The molecule has 4 aromatic rings. The van der Waals surface area contributed by atoms with Gasteiger partial charge in [0.2, 0.25) is 0 Å². The molecule has 8 heteroatoms. The molecule has 5 rings (SSSR count). The van der Waals surface area contributed by atoms with Crippen molar-refractivity contribution in [3.05, 3.63) is 63.4 Å². The number of rotatable bonds is 4. The molecule has 2 aromatic carbocycles. The van der Waals surface area contributed by atoms with Crippen LogP contribution in [-0.4, -0.2) is 39.9 Å². The first-order chi connectivity index (χ1) is 14.6. The average molecular weight is 439 g/mol. The van der Waals surface area contributed by atoms with E-state index in [0.29, 0.717) is 34.6 Å². The fourth-order valence-electron chi connectivity index (χ4n) is 3.70. The van der Waals surface area contributed by atoms with Gasteiger partial charge in [0.05, 0.1) is 10.7 Å². The van der Waals surface area contributed by atoms with Crippen molar-refractivity contribution in [2.75, 3.05) is 18.4 Å². The number of carbonyl (C=O) groups is 1. The monoisotopic (exact) mass is 438 g/mol. The number of amides is 1. The van der Waals surface area contributed by atoms with Gasteiger partial charge in [-0.1, -0.05) is 41.9 Å². The average Bonchev–Trinajstić information content (AvgIpc) is 3.46. The van der Waals surface area contributed by atoms with Gasteiger partial charge >= 0.3 is 0 Å². The largest absolute Gasteiger partial charge is 0.423 e. The number of nitrogens with one attached hydrogen (secondary N) is 1. The third-order valence-corrected chi connectivity index (χ3v) is 6.32. The molecule has 1 aliphatic rings. The summed E-state index contributed by atoms with van der Waals surface area (Å²) in [6.07, 6.45) is 0.823. The molecule has 0 aliphatic carbocycles. The lowest BCUT2D eigenvalue weighted by Gasteiger charge is -2.16. The minimum atomic E-state index is 0.0214. The molecule has 1 atom stereocenters. The molecule has 1 saturated heterocycles. The van der Waals surface area contributed by atoms with Gasteiger partial charge in [-0.25, -0.2) is 4.98 Å². The zero-order chi connectivity index (χ0) is 20.7. The van der Waals surface area contributed by atoms with E-state index < -0.39 is 0 Å². The second kappa shape index (κ2) is 7.74. The highest BCUT2D eigenvalue weighted by Crippen LogP contribution is 2.30. The topological polar surface area (TPSA) is 71.3 Å². The van der Waals surface area contributed by atoms with E-state index in [4.69, 9.17) is 16.0 Å². The highest BCUT2D eigenvalue weighted by molar-refractivity contribution is 7.14. The Hall–Kier alpha value is -2.90. The van der Waals surface area contributed by atoms with E-state index in [1.165, 1.54) is 11.3 Å². The van der Waals surface area contributed by atoms with Gasteiger partial charge in [-0.05, 0) is 25.5 Å². The van der Waals surface area contributed by atoms with Crippen molar-refractivity contribution in [2.24, 2.45) is 0 Å². The van der Waals surface area contributed by atoms with E-state index in [2.05, 4.69) is 15.3 Å². The number of anilines is 1. The Morgan fingerprint density at radius 1 is 1.23 bits per heavy atom. The molecule has 152 valence electrons. The summed E-state index contributed by atoms with van der Waals surface area (Å²) < 4.78 is 5.75. The maximum absolute atomic E-state index is 13.2. The minimum absolute atomic E-state index is 0.0214. The lowest BCUT2D eigenvalue weighted by atomic mass is 10.1. The van der Waals surface area contributed by atoms with Gasteiger partial charge in [-0.2, -0.15) is 4.98 Å². The zero-order valence-corrected chi connectivity index (χ0v) is 17.8. The van der Waals surface area contributed by atoms with Gasteiger partial charge < -0.3 is 14.6 Å². The summed E-state index contributed by atoms with van der Waals surface area (Å²) in [6, 6.07) is 15.7. The third-order valence-electron chi connectivity index (χ3n) is 5.13. The summed E-state index contributed by atoms with van der Waals surface area (Å²) in [6.45, 7) is 3.19. The smallest absolute Gasteiger partial charge is 0.295 e. The normalized spacial score (nSPS) is 16.3. The zero-order valence-electron chi connectivity index (χ0n) is 16.3. The quantitative estimate of drug-likeness (QED) is 0.471. The van der Waals surface area contributed by atoms with Crippen LogP contribution in [0.15, 0.2) is 52.9 Å². The highest BCUT2D eigenvalue weighted by Gasteiger charge is 2.30. The predicted octanol–water partition coefficient (Wildman–Crippen LogP) is 5.24. The number of thiazole rings is 1. The molecule has 1 amide bonds. The molecule has 2 aromatic heterocycles. The molecule has 1 aliphatic heterocycles. The van der Waals surface area contributed by atoms with Gasteiger partial charge in [0.25, 0.3) is 11.9 Å². The van der Waals surface area contributed by atoms with E-state index in [1.54, 1.807) is 12.1 Å². The number of halogens is 1. The van der Waals surface area contributed by atoms with Crippen molar-refractivity contribution in [1.29, 1.82) is 0 Å². The molecule has 30 heavy (non-hydrogen) atoms. The van der Waals surface area contributed by atoms with Gasteiger partial charge in [-0.3, -0.25) is 4.79 Å². The van der Waals surface area contributed by atoms with Crippen molar-refractivity contribution in [3.63, 3.8) is 0 Å². The molecule has 1 N–H and O–H groups in total. The standard InChI is InChI=1S/C22H19ClN4O2S/c1-13-24-19(14-5-3-2-4-6-14)20(30-13)21(28)27-10-9-16(12-27)25-22-26-17-8-7-15(23)11-18(17)29-22/h2-8,11,16H,9-10,12H2,1H3,(H,25,26). The summed E-state index contributed by atoms with van der Waals surface area (Å²) in [5.74, 6) is 0.0214. The fraction of sp³-hybridized carbons (Fsp3) is 0.227. The predicted molar refractivity (Wildman–Crippen MR) is 119 cm³/mol. The summed E-state index contributed by atoms with van der Waals surface area (Å²) in [5.41, 5.74) is 3.11. The molecule has 1 fully saturated rings. The first-order valence-electron chi connectivity index (χ1n) is 9.71. The highest BCUT2D eigenvalue weighted by atomic mass is 35.5. The maximum Gasteiger partial charge on any atom is 0.295 e. The molecule has 6 nitrogen and oxygen atoms in total. The number of hydrogen-bond acceptors (Lipinski definition) is 6. The number of fused-ring (bicyclic) bond motifs is 1. The lowest BCUT2D eigenvalue weighted by Crippen LogP contribution is -2.31. The first kappa shape index (κ1) is 19.1. The summed E-state index contributed by atoms with van der Waals surface area (Å²) in [7, 11) is 0. The van der Waals surface area contributed by atoms with E-state index >= 15 is 0 Å². The van der Waals surface area contributed by atoms with Crippen LogP contribution in [0.5, 0.6) is 0 Å². The Balaban J connectivity index is 1.32. The van der Waals surface area contributed by atoms with E-state index in [1.807, 2.05) is 48.2 Å². The van der Waals surface area contributed by atoms with Crippen molar-refractivity contribution < 1.29 is 9.21 Å². The molecule has 3 heterocycles. The number of likely N-dealkylation sites (tertiary alicyclic amines) is 1. The Bertz CT molecular complexity index is 1220. The van der Waals surface area contributed by atoms with Gasteiger partial charge in [0.1, 0.15) is 10.4 Å². The first-order valence-corrected chi connectivity index (χ1v) is 10.9. The van der Waals surface area contributed by atoms with Crippen LogP contribution in [0.2, 0.25) is 5.02 Å². The van der Waals surface area contributed by atoms with E-state index in [-0.39, 0.29) is 11.9 Å². The SMILES string of the molecule is Cc1nc(-c2ccccc2)c(C(=O)N2CCC(Nc3nc4ccc(Cl)cc4o3)C2)s1. The maximum atomic E-state index is 13.2.